The van der Waals surface area contributed by atoms with E-state index in [0.717, 1.165) is 19.3 Å². The Balaban J connectivity index is 1.83. The van der Waals surface area contributed by atoms with E-state index in [9.17, 15) is 24.6 Å². The fourth-order valence-electron chi connectivity index (χ4n) is 9.44. The van der Waals surface area contributed by atoms with Crippen molar-refractivity contribution in [1.29, 1.82) is 0 Å². The van der Waals surface area contributed by atoms with Crippen LogP contribution < -0.4 is 0 Å². The van der Waals surface area contributed by atoms with Gasteiger partial charge in [0.05, 0.1) is 6.10 Å². The first-order chi connectivity index (χ1) is 17.2. The number of carboxylic acid groups (broad SMARTS) is 1. The molecule has 0 aliphatic heterocycles. The van der Waals surface area contributed by atoms with Crippen molar-refractivity contribution in [3.05, 3.63) is 21.5 Å². The van der Waals surface area contributed by atoms with Crippen LogP contribution in [-0.2, 0) is 19.1 Å². The largest absolute Gasteiger partial charge is 0.478 e. The monoisotopic (exact) mass is 550 g/mol. The molecular formula is C29H42O6S2. The van der Waals surface area contributed by atoms with Crippen molar-refractivity contribution in [3.8, 4) is 0 Å². The minimum atomic E-state index is -1.01. The molecule has 4 aliphatic carbocycles. The molecule has 0 aromatic rings. The molecule has 6 nitrogen and oxygen atoms in total. The van der Waals surface area contributed by atoms with Gasteiger partial charge in [0.25, 0.3) is 0 Å². The Morgan fingerprint density at radius 2 is 1.84 bits per heavy atom. The van der Waals surface area contributed by atoms with E-state index in [1.807, 2.05) is 0 Å². The molecule has 0 amide bonds. The highest BCUT2D eigenvalue weighted by atomic mass is 32.2. The predicted octanol–water partition coefficient (Wildman–Crippen LogP) is 5.61. The lowest BCUT2D eigenvalue weighted by atomic mass is 9.36. The summed E-state index contributed by atoms with van der Waals surface area (Å²) in [5.41, 5.74) is 0.0995. The van der Waals surface area contributed by atoms with Crippen molar-refractivity contribution in [3.63, 3.8) is 0 Å². The van der Waals surface area contributed by atoms with Crippen LogP contribution in [-0.4, -0.2) is 40.1 Å². The van der Waals surface area contributed by atoms with Crippen LogP contribution >= 0.6 is 25.3 Å². The summed E-state index contributed by atoms with van der Waals surface area (Å²) in [4.78, 5) is 37.4. The van der Waals surface area contributed by atoms with E-state index in [1.54, 1.807) is 6.08 Å². The van der Waals surface area contributed by atoms with Crippen LogP contribution in [0.5, 0.6) is 0 Å². The van der Waals surface area contributed by atoms with Crippen molar-refractivity contribution < 1.29 is 29.3 Å². The first-order valence-corrected chi connectivity index (χ1v) is 14.5. The van der Waals surface area contributed by atoms with E-state index >= 15 is 0 Å². The molecule has 0 heterocycles. The lowest BCUT2D eigenvalue weighted by Crippen LogP contribution is -2.65. The van der Waals surface area contributed by atoms with Crippen molar-refractivity contribution >= 4 is 43.0 Å². The van der Waals surface area contributed by atoms with Gasteiger partial charge in [0.2, 0.25) is 0 Å². The smallest absolute Gasteiger partial charge is 0.331 e. The number of hydrogen-bond donors (Lipinski definition) is 4. The number of Topliss-reactive ketones (excluding diaryl/α,β-unsaturated/α-hetero) is 1. The fourth-order valence-corrected chi connectivity index (χ4v) is 9.70. The van der Waals surface area contributed by atoms with Crippen LogP contribution in [0.4, 0.5) is 0 Å². The Labute approximate surface area is 231 Å². The fraction of sp³-hybridized carbons (Fsp3) is 0.759. The third-order valence-corrected chi connectivity index (χ3v) is 11.5. The summed E-state index contributed by atoms with van der Waals surface area (Å²) in [5.74, 6) is -1.12. The number of aliphatic carboxylic acids is 1. The van der Waals surface area contributed by atoms with Crippen molar-refractivity contribution in [2.45, 2.75) is 98.2 Å². The SMILES string of the molecule is CC(=O)O[C@H]1C[C@@]2(C)[C@@H](C[C@@H](O)[C@H]3[C@@]4(C)CCC(=O)[C@@H](C)[C@@H]4CC[C@@]32C)/C1=C(\CCC=C(S)S)C(=O)O. The molecule has 0 spiro atoms. The number of aliphatic hydroxyl groups excluding tert-OH is 1. The molecule has 0 unspecified atom stereocenters. The number of carboxylic acids is 1. The molecule has 4 rings (SSSR count). The van der Waals surface area contributed by atoms with Gasteiger partial charge in [0, 0.05) is 29.1 Å². The molecule has 0 aromatic carbocycles. The summed E-state index contributed by atoms with van der Waals surface area (Å²) in [5, 5.41) is 22.1. The van der Waals surface area contributed by atoms with Crippen LogP contribution in [0.1, 0.15) is 86.0 Å². The standard InChI is InChI=1S/C29H42O6S2/c1-15-18-9-12-28(4)25(27(18,3)11-10-20(15)31)21(32)13-19-24(17(26(33)34)7-6-8-23(36)37)22(35-16(2)30)14-29(19,28)5/h8,15,18-19,21-22,25,32,36-37H,6-7,9-14H2,1-5H3,(H,33,34)/b24-17-/t15-,18-,19-,21+,22-,25-,27-,28-,29-/m0/s1. The van der Waals surface area contributed by atoms with Gasteiger partial charge in [-0.1, -0.05) is 33.8 Å². The molecule has 4 saturated carbocycles. The molecule has 0 bridgehead atoms. The number of ether oxygens (including phenoxy) is 1. The van der Waals surface area contributed by atoms with Crippen LogP contribution in [0.3, 0.4) is 0 Å². The van der Waals surface area contributed by atoms with E-state index in [-0.39, 0.29) is 51.9 Å². The van der Waals surface area contributed by atoms with Crippen LogP contribution in [0, 0.1) is 39.9 Å². The molecule has 206 valence electrons. The highest BCUT2D eigenvalue weighted by molar-refractivity contribution is 8.05. The molecule has 8 heteroatoms. The minimum absolute atomic E-state index is 0.0101. The molecule has 37 heavy (non-hydrogen) atoms. The van der Waals surface area contributed by atoms with Gasteiger partial charge in [-0.3, -0.25) is 9.59 Å². The molecule has 2 N–H and O–H groups in total. The van der Waals surface area contributed by atoms with Gasteiger partial charge in [-0.2, -0.15) is 0 Å². The van der Waals surface area contributed by atoms with Crippen molar-refractivity contribution in [2.75, 3.05) is 0 Å². The van der Waals surface area contributed by atoms with Crippen molar-refractivity contribution in [1.82, 2.24) is 0 Å². The van der Waals surface area contributed by atoms with E-state index in [0.29, 0.717) is 41.3 Å². The van der Waals surface area contributed by atoms with Gasteiger partial charge in [-0.15, -0.1) is 25.3 Å². The molecule has 4 fully saturated rings. The quantitative estimate of drug-likeness (QED) is 0.202. The third-order valence-electron chi connectivity index (χ3n) is 11.1. The topological polar surface area (TPSA) is 101 Å². The zero-order valence-electron chi connectivity index (χ0n) is 22.6. The van der Waals surface area contributed by atoms with Gasteiger partial charge in [-0.25, -0.2) is 4.79 Å². The summed E-state index contributed by atoms with van der Waals surface area (Å²) in [6, 6.07) is 0. The first-order valence-electron chi connectivity index (χ1n) is 13.6. The van der Waals surface area contributed by atoms with Crippen molar-refractivity contribution in [2.24, 2.45) is 39.9 Å². The average molecular weight is 551 g/mol. The second-order valence-electron chi connectivity index (χ2n) is 12.7. The Morgan fingerprint density at radius 3 is 2.43 bits per heavy atom. The number of aliphatic hydroxyl groups is 1. The van der Waals surface area contributed by atoms with Gasteiger partial charge in [0.15, 0.2) is 0 Å². The maximum atomic E-state index is 12.6. The van der Waals surface area contributed by atoms with Crippen LogP contribution in [0.25, 0.3) is 0 Å². The summed E-state index contributed by atoms with van der Waals surface area (Å²) in [6.45, 7) is 10.2. The number of allylic oxidation sites excluding steroid dienone is 1. The Kier molecular flexibility index (Phi) is 7.81. The molecule has 0 saturated heterocycles. The normalized spacial score (nSPS) is 44.3. The van der Waals surface area contributed by atoms with E-state index in [1.165, 1.54) is 6.92 Å². The zero-order valence-corrected chi connectivity index (χ0v) is 24.4. The van der Waals surface area contributed by atoms with E-state index in [4.69, 9.17) is 4.74 Å². The van der Waals surface area contributed by atoms with Gasteiger partial charge < -0.3 is 14.9 Å². The van der Waals surface area contributed by atoms with Gasteiger partial charge >= 0.3 is 11.9 Å². The molecule has 4 aliphatic rings. The molecular weight excluding hydrogens is 508 g/mol. The maximum absolute atomic E-state index is 12.6. The van der Waals surface area contributed by atoms with E-state index < -0.39 is 24.1 Å². The lowest BCUT2D eigenvalue weighted by molar-refractivity contribution is -0.223. The summed E-state index contributed by atoms with van der Waals surface area (Å²) in [7, 11) is 0. The minimum Gasteiger partial charge on any atom is -0.478 e. The highest BCUT2D eigenvalue weighted by Crippen LogP contribution is 2.74. The summed E-state index contributed by atoms with van der Waals surface area (Å²) >= 11 is 8.37. The number of thiol groups is 2. The number of carbonyl (C=O) groups is 3. The summed E-state index contributed by atoms with van der Waals surface area (Å²) in [6.07, 6.45) is 5.30. The number of rotatable bonds is 5. The molecule has 0 aromatic heterocycles. The highest BCUT2D eigenvalue weighted by Gasteiger charge is 2.70. The van der Waals surface area contributed by atoms with Crippen LogP contribution in [0.15, 0.2) is 21.5 Å². The Bertz CT molecular complexity index is 1050. The Hall–Kier alpha value is -1.25. The number of fused-ring (bicyclic) bond motifs is 5. The zero-order chi connectivity index (χ0) is 27.5. The van der Waals surface area contributed by atoms with Gasteiger partial charge in [0.1, 0.15) is 11.9 Å². The number of hydrogen-bond acceptors (Lipinski definition) is 7. The third kappa shape index (κ3) is 4.53. The summed E-state index contributed by atoms with van der Waals surface area (Å²) < 4.78 is 6.35. The maximum Gasteiger partial charge on any atom is 0.331 e. The lowest BCUT2D eigenvalue weighted by Gasteiger charge is -2.68. The van der Waals surface area contributed by atoms with Crippen LogP contribution in [0.2, 0.25) is 0 Å². The predicted molar refractivity (Wildman–Crippen MR) is 148 cm³/mol. The molecule has 0 radical (unpaired) electrons. The Morgan fingerprint density at radius 1 is 1.16 bits per heavy atom. The first kappa shape index (κ1) is 28.8. The van der Waals surface area contributed by atoms with E-state index in [2.05, 4.69) is 53.0 Å². The molecule has 9 atom stereocenters. The number of esters is 1. The average Bonchev–Trinajstić information content (AvgIpc) is 3.05. The second-order valence-corrected chi connectivity index (χ2v) is 14.0. The second kappa shape index (κ2) is 10.1. The number of ketones is 1. The number of carbonyl (C=O) groups excluding carboxylic acids is 2. The van der Waals surface area contributed by atoms with Gasteiger partial charge in [-0.05, 0) is 84.5 Å².